The lowest BCUT2D eigenvalue weighted by Gasteiger charge is -2.10. The van der Waals surface area contributed by atoms with E-state index in [9.17, 15) is 4.79 Å². The van der Waals surface area contributed by atoms with Crippen LogP contribution in [0.3, 0.4) is 0 Å². The molecule has 0 aliphatic rings. The Labute approximate surface area is 75.1 Å². The largest absolute Gasteiger partial charge is 0.445 e. The molecule has 3 nitrogen and oxygen atoms in total. The fraction of sp³-hybridized carbons (Fsp3) is 0.125. The lowest BCUT2D eigenvalue weighted by atomic mass is 10.2. The molecule has 2 N–H and O–H groups in total. The smallest absolute Gasteiger partial charge is 0.294 e. The standard InChI is InChI=1S/C8H8ClNO2/c9-7-4-2-1-3-6(7)8(10)12-5-11/h1-5,8H,10H2. The molecule has 4 heteroatoms. The maximum atomic E-state index is 9.95. The van der Waals surface area contributed by atoms with Crippen molar-refractivity contribution < 1.29 is 9.53 Å². The van der Waals surface area contributed by atoms with Gasteiger partial charge < -0.3 is 4.74 Å². The van der Waals surface area contributed by atoms with Crippen molar-refractivity contribution in [1.82, 2.24) is 0 Å². The minimum atomic E-state index is -0.781. The number of hydrogen-bond donors (Lipinski definition) is 1. The number of hydrogen-bond acceptors (Lipinski definition) is 3. The van der Waals surface area contributed by atoms with E-state index >= 15 is 0 Å². The van der Waals surface area contributed by atoms with Crippen LogP contribution in [0.4, 0.5) is 0 Å². The van der Waals surface area contributed by atoms with Gasteiger partial charge in [0.25, 0.3) is 6.47 Å². The highest BCUT2D eigenvalue weighted by atomic mass is 35.5. The Morgan fingerprint density at radius 3 is 2.75 bits per heavy atom. The van der Waals surface area contributed by atoms with E-state index in [1.807, 2.05) is 0 Å². The SMILES string of the molecule is NC(OC=O)c1ccccc1Cl. The van der Waals surface area contributed by atoms with Crippen molar-refractivity contribution in [2.24, 2.45) is 5.73 Å². The number of benzene rings is 1. The fourth-order valence-corrected chi connectivity index (χ4v) is 1.08. The highest BCUT2D eigenvalue weighted by Gasteiger charge is 2.08. The second-order valence-corrected chi connectivity index (χ2v) is 2.58. The van der Waals surface area contributed by atoms with Crippen LogP contribution in [0.5, 0.6) is 0 Å². The van der Waals surface area contributed by atoms with Crippen LogP contribution in [0.25, 0.3) is 0 Å². The molecule has 64 valence electrons. The zero-order valence-corrected chi connectivity index (χ0v) is 6.99. The Morgan fingerprint density at radius 2 is 2.17 bits per heavy atom. The van der Waals surface area contributed by atoms with Crippen LogP contribution < -0.4 is 5.73 Å². The van der Waals surface area contributed by atoms with Crippen molar-refractivity contribution in [3.8, 4) is 0 Å². The first-order valence-electron chi connectivity index (χ1n) is 3.35. The Bertz CT molecular complexity index is 278. The summed E-state index contributed by atoms with van der Waals surface area (Å²) < 4.78 is 4.52. The van der Waals surface area contributed by atoms with Gasteiger partial charge in [0.05, 0.1) is 0 Å². The third kappa shape index (κ3) is 1.96. The second kappa shape index (κ2) is 4.09. The molecule has 0 aromatic heterocycles. The zero-order valence-electron chi connectivity index (χ0n) is 6.24. The molecular weight excluding hydrogens is 178 g/mol. The molecule has 0 aliphatic carbocycles. The molecule has 1 rings (SSSR count). The predicted octanol–water partition coefficient (Wildman–Crippen LogP) is 1.47. The van der Waals surface area contributed by atoms with Gasteiger partial charge in [0.2, 0.25) is 0 Å². The summed E-state index contributed by atoms with van der Waals surface area (Å²) in [5, 5.41) is 0.492. The van der Waals surface area contributed by atoms with Gasteiger partial charge in [0.15, 0.2) is 6.23 Å². The van der Waals surface area contributed by atoms with E-state index in [0.29, 0.717) is 17.1 Å². The average Bonchev–Trinajstić information content (AvgIpc) is 2.05. The van der Waals surface area contributed by atoms with Gasteiger partial charge in [-0.1, -0.05) is 29.8 Å². The molecule has 1 aromatic rings. The fourth-order valence-electron chi connectivity index (χ4n) is 0.839. The van der Waals surface area contributed by atoms with E-state index in [4.69, 9.17) is 17.3 Å². The second-order valence-electron chi connectivity index (χ2n) is 2.17. The molecule has 1 atom stereocenters. The van der Waals surface area contributed by atoms with E-state index in [2.05, 4.69) is 4.74 Å². The quantitative estimate of drug-likeness (QED) is 0.573. The van der Waals surface area contributed by atoms with Gasteiger partial charge in [0.1, 0.15) is 0 Å². The summed E-state index contributed by atoms with van der Waals surface area (Å²) in [6.45, 7) is 0.300. The number of carbonyl (C=O) groups is 1. The number of rotatable bonds is 3. The Kier molecular flexibility index (Phi) is 3.08. The van der Waals surface area contributed by atoms with Crippen molar-refractivity contribution in [1.29, 1.82) is 0 Å². The van der Waals surface area contributed by atoms with Gasteiger partial charge in [-0.3, -0.25) is 10.5 Å². The minimum Gasteiger partial charge on any atom is -0.445 e. The summed E-state index contributed by atoms with van der Waals surface area (Å²) in [5.41, 5.74) is 6.07. The Balaban J connectivity index is 2.86. The van der Waals surface area contributed by atoms with Gasteiger partial charge >= 0.3 is 0 Å². The first-order chi connectivity index (χ1) is 5.75. The predicted molar refractivity (Wildman–Crippen MR) is 45.5 cm³/mol. The molecule has 0 fully saturated rings. The van der Waals surface area contributed by atoms with Crippen LogP contribution in [-0.2, 0) is 9.53 Å². The summed E-state index contributed by atoms with van der Waals surface area (Å²) in [6.07, 6.45) is -0.781. The lowest BCUT2D eigenvalue weighted by molar-refractivity contribution is -0.133. The third-order valence-corrected chi connectivity index (χ3v) is 1.76. The maximum absolute atomic E-state index is 9.95. The monoisotopic (exact) mass is 185 g/mol. The summed E-state index contributed by atoms with van der Waals surface area (Å²) in [7, 11) is 0. The molecule has 0 spiro atoms. The average molecular weight is 186 g/mol. The van der Waals surface area contributed by atoms with Gasteiger partial charge in [-0.2, -0.15) is 0 Å². The molecule has 0 amide bonds. The first-order valence-corrected chi connectivity index (χ1v) is 3.72. The van der Waals surface area contributed by atoms with Gasteiger partial charge in [0, 0.05) is 10.6 Å². The molecule has 12 heavy (non-hydrogen) atoms. The number of ether oxygens (including phenoxy) is 1. The van der Waals surface area contributed by atoms with Crippen molar-refractivity contribution in [2.45, 2.75) is 6.23 Å². The highest BCUT2D eigenvalue weighted by Crippen LogP contribution is 2.20. The molecular formula is C8H8ClNO2. The third-order valence-electron chi connectivity index (χ3n) is 1.41. The Morgan fingerprint density at radius 1 is 1.50 bits per heavy atom. The molecule has 1 aromatic carbocycles. The molecule has 0 bridgehead atoms. The van der Waals surface area contributed by atoms with Gasteiger partial charge in [-0.15, -0.1) is 0 Å². The summed E-state index contributed by atoms with van der Waals surface area (Å²) in [4.78, 5) is 9.95. The van der Waals surface area contributed by atoms with Gasteiger partial charge in [-0.25, -0.2) is 0 Å². The number of nitrogens with two attached hydrogens (primary N) is 1. The zero-order chi connectivity index (χ0) is 8.97. The van der Waals surface area contributed by atoms with E-state index in [1.54, 1.807) is 24.3 Å². The van der Waals surface area contributed by atoms with Crippen molar-refractivity contribution in [3.63, 3.8) is 0 Å². The summed E-state index contributed by atoms with van der Waals surface area (Å²) >= 11 is 5.78. The van der Waals surface area contributed by atoms with E-state index in [1.165, 1.54) is 0 Å². The molecule has 0 radical (unpaired) electrons. The molecule has 0 heterocycles. The first kappa shape index (κ1) is 9.03. The molecule has 0 aliphatic heterocycles. The van der Waals surface area contributed by atoms with Crippen LogP contribution in [0.2, 0.25) is 5.02 Å². The van der Waals surface area contributed by atoms with Crippen LogP contribution in [0.1, 0.15) is 11.8 Å². The lowest BCUT2D eigenvalue weighted by Crippen LogP contribution is -2.13. The normalized spacial score (nSPS) is 12.2. The molecule has 0 saturated carbocycles. The van der Waals surface area contributed by atoms with Crippen molar-refractivity contribution >= 4 is 18.1 Å². The maximum Gasteiger partial charge on any atom is 0.294 e. The highest BCUT2D eigenvalue weighted by molar-refractivity contribution is 6.31. The minimum absolute atomic E-state index is 0.300. The summed E-state index contributed by atoms with van der Waals surface area (Å²) in [6, 6.07) is 6.94. The van der Waals surface area contributed by atoms with Crippen molar-refractivity contribution in [3.05, 3.63) is 34.9 Å². The van der Waals surface area contributed by atoms with Crippen LogP contribution >= 0.6 is 11.6 Å². The van der Waals surface area contributed by atoms with E-state index in [0.717, 1.165) is 0 Å². The van der Waals surface area contributed by atoms with Gasteiger partial charge in [-0.05, 0) is 6.07 Å². The molecule has 1 unspecified atom stereocenters. The van der Waals surface area contributed by atoms with Crippen LogP contribution in [0.15, 0.2) is 24.3 Å². The number of halogens is 1. The topological polar surface area (TPSA) is 52.3 Å². The van der Waals surface area contributed by atoms with Crippen LogP contribution in [0, 0.1) is 0 Å². The summed E-state index contributed by atoms with van der Waals surface area (Å²) in [5.74, 6) is 0. The van der Waals surface area contributed by atoms with E-state index in [-0.39, 0.29) is 0 Å². The Hall–Kier alpha value is -1.06. The van der Waals surface area contributed by atoms with E-state index < -0.39 is 6.23 Å². The molecule has 0 saturated heterocycles. The van der Waals surface area contributed by atoms with Crippen LogP contribution in [-0.4, -0.2) is 6.47 Å². The van der Waals surface area contributed by atoms with Crippen molar-refractivity contribution in [2.75, 3.05) is 0 Å². The number of carbonyl (C=O) groups excluding carboxylic acids is 1.